The number of methoxy groups -OCH3 is 1. The number of hydrogen-bond acceptors (Lipinski definition) is 5. The second kappa shape index (κ2) is 9.38. The first-order valence-corrected chi connectivity index (χ1v) is 9.54. The average Bonchev–Trinajstić information content (AvgIpc) is 3.09. The van der Waals surface area contributed by atoms with Crippen molar-refractivity contribution in [2.45, 2.75) is 18.7 Å². The van der Waals surface area contributed by atoms with Gasteiger partial charge in [0.15, 0.2) is 0 Å². The number of nitrogens with zero attached hydrogens (tertiary/aromatic N) is 1. The Bertz CT molecular complexity index is 783. The van der Waals surface area contributed by atoms with Gasteiger partial charge in [0.1, 0.15) is 5.82 Å². The third kappa shape index (κ3) is 4.85. The highest BCUT2D eigenvalue weighted by molar-refractivity contribution is 7.99. The van der Waals surface area contributed by atoms with Gasteiger partial charge in [0.2, 0.25) is 5.90 Å². The Morgan fingerprint density at radius 2 is 2.19 bits per heavy atom. The molecule has 1 atom stereocenters. The summed E-state index contributed by atoms with van der Waals surface area (Å²) in [6.07, 6.45) is 5.41. The number of benzene rings is 1. The summed E-state index contributed by atoms with van der Waals surface area (Å²) in [6, 6.07) is 6.60. The summed E-state index contributed by atoms with van der Waals surface area (Å²) in [5.74, 6) is 0.248. The van der Waals surface area contributed by atoms with Crippen LogP contribution in [0.5, 0.6) is 0 Å². The van der Waals surface area contributed by atoms with Crippen molar-refractivity contribution in [3.63, 3.8) is 0 Å². The Balaban J connectivity index is 2.04. The number of hydrogen-bond donors (Lipinski definition) is 2. The number of halogens is 1. The molecule has 1 aromatic carbocycles. The zero-order chi connectivity index (χ0) is 19.1. The molecule has 6 heteroatoms. The maximum atomic E-state index is 13.6. The minimum atomic E-state index is -0.253. The number of aliphatic imine (C=N–C) groups is 1. The van der Waals surface area contributed by atoms with Crippen LogP contribution in [-0.2, 0) is 11.3 Å². The highest BCUT2D eigenvalue weighted by atomic mass is 32.2. The highest BCUT2D eigenvalue weighted by Crippen LogP contribution is 2.26. The number of thioether (sulfide) groups is 1. The first-order chi connectivity index (χ1) is 12.5. The molecule has 0 aliphatic carbocycles. The Labute approximate surface area is 158 Å². The average molecular weight is 373 g/mol. The summed E-state index contributed by atoms with van der Waals surface area (Å²) >= 11 is 1.71. The molecule has 138 valence electrons. The fourth-order valence-corrected chi connectivity index (χ4v) is 3.03. The molecule has 0 spiro atoms. The lowest BCUT2D eigenvalue weighted by molar-refractivity contribution is 0.405. The summed E-state index contributed by atoms with van der Waals surface area (Å²) < 4.78 is 19.0. The Morgan fingerprint density at radius 1 is 1.46 bits per heavy atom. The summed E-state index contributed by atoms with van der Waals surface area (Å²) in [5.41, 5.74) is 3.33. The molecule has 1 aliphatic heterocycles. The number of allylic oxidation sites excluding steroid dienone is 2. The van der Waals surface area contributed by atoms with Gasteiger partial charge in [-0.1, -0.05) is 24.8 Å². The molecule has 1 heterocycles. The van der Waals surface area contributed by atoms with Crippen molar-refractivity contribution in [1.29, 1.82) is 5.41 Å². The summed E-state index contributed by atoms with van der Waals surface area (Å²) in [6.45, 7) is 6.90. The van der Waals surface area contributed by atoms with E-state index in [4.69, 9.17) is 10.1 Å². The molecule has 0 saturated carbocycles. The van der Waals surface area contributed by atoms with Crippen LogP contribution in [0.2, 0.25) is 0 Å². The van der Waals surface area contributed by atoms with Gasteiger partial charge in [-0.15, -0.1) is 0 Å². The molecule has 2 N–H and O–H groups in total. The van der Waals surface area contributed by atoms with Gasteiger partial charge in [0.25, 0.3) is 0 Å². The van der Waals surface area contributed by atoms with E-state index in [0.717, 1.165) is 11.1 Å². The zero-order valence-electron chi connectivity index (χ0n) is 15.3. The van der Waals surface area contributed by atoms with E-state index in [1.165, 1.54) is 6.07 Å². The van der Waals surface area contributed by atoms with Gasteiger partial charge in [-0.3, -0.25) is 0 Å². The Kier molecular flexibility index (Phi) is 7.21. The molecule has 0 fully saturated rings. The molecule has 2 rings (SSSR count). The molecular weight excluding hydrogens is 349 g/mol. The van der Waals surface area contributed by atoms with Crippen LogP contribution in [0, 0.1) is 11.2 Å². The standard InChI is InChI=1S/C20H24FN3OS/c1-13(23-11-15-7-5-6-8-17(15)21)9-10-18(22)19-16(14(2)26-4)12-24-20(19)25-3/h5-10,14,22-23H,1,11-12H2,2-4H3/b10-9-,22-18?. The van der Waals surface area contributed by atoms with Crippen LogP contribution in [0.3, 0.4) is 0 Å². The lowest BCUT2D eigenvalue weighted by Gasteiger charge is -2.13. The predicted octanol–water partition coefficient (Wildman–Crippen LogP) is 4.11. The van der Waals surface area contributed by atoms with Gasteiger partial charge in [0.05, 0.1) is 24.9 Å². The van der Waals surface area contributed by atoms with Crippen molar-refractivity contribution in [2.24, 2.45) is 4.99 Å². The van der Waals surface area contributed by atoms with Crippen LogP contribution in [-0.4, -0.2) is 36.8 Å². The molecule has 0 radical (unpaired) electrons. The van der Waals surface area contributed by atoms with E-state index in [2.05, 4.69) is 23.8 Å². The van der Waals surface area contributed by atoms with E-state index in [9.17, 15) is 4.39 Å². The normalized spacial score (nSPS) is 15.2. The maximum absolute atomic E-state index is 13.6. The predicted molar refractivity (Wildman–Crippen MR) is 109 cm³/mol. The molecule has 0 aromatic heterocycles. The van der Waals surface area contributed by atoms with Crippen LogP contribution in [0.15, 0.2) is 64.8 Å². The third-order valence-corrected chi connectivity index (χ3v) is 5.14. The fourth-order valence-electron chi connectivity index (χ4n) is 2.56. The van der Waals surface area contributed by atoms with Gasteiger partial charge < -0.3 is 15.5 Å². The van der Waals surface area contributed by atoms with Gasteiger partial charge >= 0.3 is 0 Å². The van der Waals surface area contributed by atoms with Crippen LogP contribution >= 0.6 is 11.8 Å². The number of nitrogens with one attached hydrogen (secondary N) is 2. The minimum absolute atomic E-state index is 0.253. The van der Waals surface area contributed by atoms with Crippen molar-refractivity contribution in [2.75, 3.05) is 19.9 Å². The second-order valence-electron chi connectivity index (χ2n) is 5.82. The lowest BCUT2D eigenvalue weighted by Crippen LogP contribution is -2.15. The van der Waals surface area contributed by atoms with Crippen molar-refractivity contribution in [3.05, 3.63) is 71.2 Å². The number of ether oxygens (including phenoxy) is 1. The molecule has 1 aromatic rings. The topological polar surface area (TPSA) is 57.5 Å². The fraction of sp³-hybridized carbons (Fsp3) is 0.300. The quantitative estimate of drug-likeness (QED) is 0.532. The summed E-state index contributed by atoms with van der Waals surface area (Å²) in [7, 11) is 1.57. The molecule has 4 nitrogen and oxygen atoms in total. The smallest absolute Gasteiger partial charge is 0.218 e. The van der Waals surface area contributed by atoms with Crippen LogP contribution in [0.1, 0.15) is 12.5 Å². The first-order valence-electron chi connectivity index (χ1n) is 8.25. The highest BCUT2D eigenvalue weighted by Gasteiger charge is 2.25. The summed E-state index contributed by atoms with van der Waals surface area (Å²) in [4.78, 5) is 4.37. The van der Waals surface area contributed by atoms with Crippen LogP contribution < -0.4 is 5.32 Å². The SMILES string of the molecule is C=C(/C=C\C(=N)C1=C(C(C)SC)CN=C1OC)NCc1ccccc1F. The van der Waals surface area contributed by atoms with Gasteiger partial charge in [-0.05, 0) is 37.0 Å². The monoisotopic (exact) mass is 373 g/mol. The third-order valence-electron chi connectivity index (χ3n) is 4.15. The Morgan fingerprint density at radius 3 is 2.85 bits per heavy atom. The van der Waals surface area contributed by atoms with E-state index < -0.39 is 0 Å². The van der Waals surface area contributed by atoms with Crippen LogP contribution in [0.25, 0.3) is 0 Å². The number of rotatable bonds is 8. The van der Waals surface area contributed by atoms with E-state index >= 15 is 0 Å². The molecule has 1 aliphatic rings. The van der Waals surface area contributed by atoms with Gasteiger partial charge in [-0.25, -0.2) is 9.38 Å². The minimum Gasteiger partial charge on any atom is -0.481 e. The van der Waals surface area contributed by atoms with Gasteiger partial charge in [-0.2, -0.15) is 11.8 Å². The lowest BCUT2D eigenvalue weighted by atomic mass is 10.0. The molecule has 0 bridgehead atoms. The van der Waals surface area contributed by atoms with E-state index in [-0.39, 0.29) is 11.1 Å². The van der Waals surface area contributed by atoms with Crippen molar-refractivity contribution in [3.8, 4) is 0 Å². The molecular formula is C20H24FN3OS. The Hall–Kier alpha value is -2.34. The molecule has 1 unspecified atom stereocenters. The zero-order valence-corrected chi connectivity index (χ0v) is 16.1. The molecule has 0 saturated heterocycles. The first kappa shape index (κ1) is 20.0. The molecule has 0 amide bonds. The van der Waals surface area contributed by atoms with Crippen molar-refractivity contribution < 1.29 is 9.13 Å². The largest absolute Gasteiger partial charge is 0.481 e. The van der Waals surface area contributed by atoms with E-state index in [1.807, 2.05) is 6.26 Å². The maximum Gasteiger partial charge on any atom is 0.218 e. The van der Waals surface area contributed by atoms with E-state index in [1.54, 1.807) is 49.2 Å². The molecule has 26 heavy (non-hydrogen) atoms. The van der Waals surface area contributed by atoms with E-state index in [0.29, 0.717) is 36.0 Å². The van der Waals surface area contributed by atoms with Crippen molar-refractivity contribution in [1.82, 2.24) is 5.32 Å². The second-order valence-corrected chi connectivity index (χ2v) is 7.00. The van der Waals surface area contributed by atoms with Crippen molar-refractivity contribution >= 4 is 23.4 Å². The van der Waals surface area contributed by atoms with Gasteiger partial charge in [0, 0.05) is 23.1 Å². The summed E-state index contributed by atoms with van der Waals surface area (Å²) in [5, 5.41) is 11.7. The van der Waals surface area contributed by atoms with Crippen LogP contribution in [0.4, 0.5) is 4.39 Å².